The number of amides is 1. The molecule has 0 aliphatic carbocycles. The largest absolute Gasteiger partial charge is 0.508 e. The molecular formula is C19H17N5O2. The summed E-state index contributed by atoms with van der Waals surface area (Å²) in [5.41, 5.74) is 3.91. The lowest BCUT2D eigenvalue weighted by Crippen LogP contribution is -2.13. The van der Waals surface area contributed by atoms with Crippen molar-refractivity contribution in [1.82, 2.24) is 20.0 Å². The number of phenols is 1. The Balaban J connectivity index is 1.63. The molecule has 0 atom stereocenters. The Morgan fingerprint density at radius 2 is 1.92 bits per heavy atom. The number of aromatic hydroxyl groups is 1. The fraction of sp³-hybridized carbons (Fsp3) is 0.105. The van der Waals surface area contributed by atoms with Crippen LogP contribution in [0.15, 0.2) is 48.7 Å². The van der Waals surface area contributed by atoms with Gasteiger partial charge in [-0.15, -0.1) is 0 Å². The van der Waals surface area contributed by atoms with Crippen LogP contribution in [0.1, 0.15) is 21.6 Å². The number of carbonyl (C=O) groups is 1. The molecule has 0 saturated heterocycles. The monoisotopic (exact) mass is 347 g/mol. The van der Waals surface area contributed by atoms with E-state index in [1.165, 1.54) is 0 Å². The Morgan fingerprint density at radius 1 is 1.15 bits per heavy atom. The first-order valence-electron chi connectivity index (χ1n) is 8.13. The maximum Gasteiger partial charge on any atom is 0.260 e. The molecule has 2 aromatic heterocycles. The molecule has 7 nitrogen and oxygen atoms in total. The first kappa shape index (κ1) is 15.9. The molecule has 130 valence electrons. The third-order valence-corrected chi connectivity index (χ3v) is 4.31. The highest BCUT2D eigenvalue weighted by Gasteiger charge is 2.17. The summed E-state index contributed by atoms with van der Waals surface area (Å²) in [6.45, 7) is 3.87. The summed E-state index contributed by atoms with van der Waals surface area (Å²) in [6.07, 6.45) is 1.55. The van der Waals surface area contributed by atoms with E-state index >= 15 is 0 Å². The Bertz CT molecular complexity index is 1110. The van der Waals surface area contributed by atoms with Crippen LogP contribution in [0.2, 0.25) is 0 Å². The van der Waals surface area contributed by atoms with Gasteiger partial charge in [0.15, 0.2) is 5.82 Å². The number of anilines is 1. The molecule has 0 fully saturated rings. The third kappa shape index (κ3) is 2.69. The number of aryl methyl sites for hydroxylation is 1. The van der Waals surface area contributed by atoms with Gasteiger partial charge >= 0.3 is 0 Å². The van der Waals surface area contributed by atoms with Crippen molar-refractivity contribution < 1.29 is 9.90 Å². The van der Waals surface area contributed by atoms with Gasteiger partial charge in [0.25, 0.3) is 5.91 Å². The predicted molar refractivity (Wildman–Crippen MR) is 98.7 cm³/mol. The summed E-state index contributed by atoms with van der Waals surface area (Å²) < 4.78 is 1.73. The first-order chi connectivity index (χ1) is 12.5. The van der Waals surface area contributed by atoms with E-state index in [9.17, 15) is 9.90 Å². The number of hydrogen-bond acceptors (Lipinski definition) is 4. The Labute approximate surface area is 149 Å². The second-order valence-corrected chi connectivity index (χ2v) is 6.15. The molecule has 1 amide bonds. The highest BCUT2D eigenvalue weighted by atomic mass is 16.3. The molecule has 7 heteroatoms. The van der Waals surface area contributed by atoms with Crippen molar-refractivity contribution in [3.8, 4) is 11.4 Å². The van der Waals surface area contributed by atoms with E-state index in [-0.39, 0.29) is 11.7 Å². The van der Waals surface area contributed by atoms with Gasteiger partial charge in [0.1, 0.15) is 5.75 Å². The predicted octanol–water partition coefficient (Wildman–Crippen LogP) is 3.32. The van der Waals surface area contributed by atoms with Crippen molar-refractivity contribution in [3.63, 3.8) is 0 Å². The maximum atomic E-state index is 12.7. The van der Waals surface area contributed by atoms with Crippen molar-refractivity contribution in [3.05, 3.63) is 65.5 Å². The molecule has 4 aromatic rings. The van der Waals surface area contributed by atoms with Gasteiger partial charge in [-0.3, -0.25) is 9.89 Å². The summed E-state index contributed by atoms with van der Waals surface area (Å²) in [5.74, 6) is 0.254. The van der Waals surface area contributed by atoms with E-state index in [0.717, 1.165) is 22.3 Å². The van der Waals surface area contributed by atoms with Crippen LogP contribution in [0.25, 0.3) is 16.6 Å². The SMILES string of the molecule is Cc1ccc(-n2ncc(C(=O)Nc3n[nH]c4cc(O)ccc34)c2C)cc1. The van der Waals surface area contributed by atoms with E-state index in [1.54, 1.807) is 29.1 Å². The number of benzene rings is 2. The second kappa shape index (κ2) is 6.03. The molecule has 4 rings (SSSR count). The maximum absolute atomic E-state index is 12.7. The van der Waals surface area contributed by atoms with E-state index in [2.05, 4.69) is 20.6 Å². The second-order valence-electron chi connectivity index (χ2n) is 6.15. The fourth-order valence-corrected chi connectivity index (χ4v) is 2.86. The van der Waals surface area contributed by atoms with E-state index in [1.807, 2.05) is 38.1 Å². The van der Waals surface area contributed by atoms with Crippen LogP contribution in [-0.2, 0) is 0 Å². The molecule has 2 aromatic carbocycles. The highest BCUT2D eigenvalue weighted by Crippen LogP contribution is 2.25. The lowest BCUT2D eigenvalue weighted by molar-refractivity contribution is 0.102. The zero-order valence-electron chi connectivity index (χ0n) is 14.3. The number of hydrogen-bond donors (Lipinski definition) is 3. The molecule has 3 N–H and O–H groups in total. The minimum absolute atomic E-state index is 0.134. The van der Waals surface area contributed by atoms with Crippen LogP contribution < -0.4 is 5.32 Å². The van der Waals surface area contributed by atoms with Gasteiger partial charge in [-0.1, -0.05) is 17.7 Å². The van der Waals surface area contributed by atoms with Gasteiger partial charge in [-0.05, 0) is 38.1 Å². The lowest BCUT2D eigenvalue weighted by atomic mass is 10.2. The molecule has 2 heterocycles. The molecule has 0 aliphatic rings. The number of fused-ring (bicyclic) bond motifs is 1. The Morgan fingerprint density at radius 3 is 2.69 bits per heavy atom. The quantitative estimate of drug-likeness (QED) is 0.530. The van der Waals surface area contributed by atoms with Gasteiger partial charge in [-0.25, -0.2) is 4.68 Å². The van der Waals surface area contributed by atoms with Gasteiger partial charge < -0.3 is 10.4 Å². The standard InChI is InChI=1S/C19H17N5O2/c1-11-3-5-13(6-4-11)24-12(2)16(10-20-24)19(26)21-18-15-8-7-14(25)9-17(15)22-23-18/h3-10,25H,1-2H3,(H2,21,22,23,26). The minimum Gasteiger partial charge on any atom is -0.508 e. The summed E-state index contributed by atoms with van der Waals surface area (Å²) in [7, 11) is 0. The van der Waals surface area contributed by atoms with Crippen molar-refractivity contribution in [2.24, 2.45) is 0 Å². The van der Waals surface area contributed by atoms with Crippen LogP contribution in [0.4, 0.5) is 5.82 Å². The number of nitrogens with one attached hydrogen (secondary N) is 2. The molecule has 0 saturated carbocycles. The summed E-state index contributed by atoms with van der Waals surface area (Å²) in [5, 5.41) is 24.3. The number of phenolic OH excluding ortho intramolecular Hbond substituents is 1. The summed E-state index contributed by atoms with van der Waals surface area (Å²) in [6, 6.07) is 12.7. The zero-order chi connectivity index (χ0) is 18.3. The van der Waals surface area contributed by atoms with E-state index < -0.39 is 0 Å². The van der Waals surface area contributed by atoms with Crippen molar-refractivity contribution in [2.75, 3.05) is 5.32 Å². The molecule has 0 unspecified atom stereocenters. The van der Waals surface area contributed by atoms with Gasteiger partial charge in [0, 0.05) is 11.5 Å². The highest BCUT2D eigenvalue weighted by molar-refractivity contribution is 6.08. The average Bonchev–Trinajstić information content (AvgIpc) is 3.19. The first-order valence-corrected chi connectivity index (χ1v) is 8.13. The molecule has 0 aliphatic heterocycles. The number of nitrogens with zero attached hydrogens (tertiary/aromatic N) is 3. The van der Waals surface area contributed by atoms with E-state index in [0.29, 0.717) is 16.9 Å². The number of carbonyl (C=O) groups excluding carboxylic acids is 1. The summed E-state index contributed by atoms with van der Waals surface area (Å²) in [4.78, 5) is 12.7. The Kier molecular flexibility index (Phi) is 3.69. The van der Waals surface area contributed by atoms with Crippen LogP contribution in [0.5, 0.6) is 5.75 Å². The topological polar surface area (TPSA) is 95.8 Å². The van der Waals surface area contributed by atoms with Crippen molar-refractivity contribution >= 4 is 22.6 Å². The van der Waals surface area contributed by atoms with E-state index in [4.69, 9.17) is 0 Å². The smallest absolute Gasteiger partial charge is 0.260 e. The number of aromatic nitrogens is 4. The van der Waals surface area contributed by atoms with Crippen LogP contribution in [-0.4, -0.2) is 31.0 Å². The summed E-state index contributed by atoms with van der Waals surface area (Å²) >= 11 is 0. The fourth-order valence-electron chi connectivity index (χ4n) is 2.86. The van der Waals surface area contributed by atoms with Crippen LogP contribution in [0.3, 0.4) is 0 Å². The zero-order valence-corrected chi connectivity index (χ0v) is 14.3. The Hall–Kier alpha value is -3.61. The minimum atomic E-state index is -0.290. The molecule has 0 spiro atoms. The number of rotatable bonds is 3. The van der Waals surface area contributed by atoms with Gasteiger partial charge in [-0.2, -0.15) is 10.2 Å². The van der Waals surface area contributed by atoms with Gasteiger partial charge in [0.05, 0.1) is 28.7 Å². The number of H-pyrrole nitrogens is 1. The molecule has 0 radical (unpaired) electrons. The third-order valence-electron chi connectivity index (χ3n) is 4.31. The lowest BCUT2D eigenvalue weighted by Gasteiger charge is -2.06. The van der Waals surface area contributed by atoms with Crippen molar-refractivity contribution in [1.29, 1.82) is 0 Å². The van der Waals surface area contributed by atoms with Gasteiger partial charge in [0.2, 0.25) is 0 Å². The van der Waals surface area contributed by atoms with Crippen LogP contribution in [0, 0.1) is 13.8 Å². The molecule has 0 bridgehead atoms. The average molecular weight is 347 g/mol. The molecular weight excluding hydrogens is 330 g/mol. The van der Waals surface area contributed by atoms with Crippen LogP contribution >= 0.6 is 0 Å². The number of aromatic amines is 1. The molecule has 26 heavy (non-hydrogen) atoms. The normalized spacial score (nSPS) is 11.0. The van der Waals surface area contributed by atoms with Crippen molar-refractivity contribution in [2.45, 2.75) is 13.8 Å².